The first-order valence-electron chi connectivity index (χ1n) is 7.32. The van der Waals surface area contributed by atoms with E-state index < -0.39 is 5.97 Å². The molecule has 2 heterocycles. The third-order valence-electron chi connectivity index (χ3n) is 3.70. The highest BCUT2D eigenvalue weighted by atomic mass is 16.4. The predicted molar refractivity (Wildman–Crippen MR) is 75.5 cm³/mol. The molecule has 0 radical (unpaired) electrons. The standard InChI is InChI=1S/C14H22N4O3/c1-10-5-11(2)7-17(6-10)13(19)9-18-8-12(15-16-18)3-4-14(20)21/h8,10-11H,3-7,9H2,1-2H3,(H,20,21). The van der Waals surface area contributed by atoms with E-state index in [0.717, 1.165) is 19.5 Å². The van der Waals surface area contributed by atoms with Gasteiger partial charge in [-0.25, -0.2) is 4.68 Å². The second kappa shape index (κ2) is 6.69. The van der Waals surface area contributed by atoms with E-state index in [1.165, 1.54) is 4.68 Å². The van der Waals surface area contributed by atoms with Crippen molar-refractivity contribution >= 4 is 11.9 Å². The third kappa shape index (κ3) is 4.54. The number of likely N-dealkylation sites (tertiary alicyclic amines) is 1. The van der Waals surface area contributed by atoms with Crippen molar-refractivity contribution in [2.45, 2.75) is 39.7 Å². The van der Waals surface area contributed by atoms with Gasteiger partial charge >= 0.3 is 5.97 Å². The molecule has 0 aromatic carbocycles. The Morgan fingerprint density at radius 2 is 2.00 bits per heavy atom. The van der Waals surface area contributed by atoms with Crippen LogP contribution in [0.5, 0.6) is 0 Å². The summed E-state index contributed by atoms with van der Waals surface area (Å²) in [5.41, 5.74) is 0.602. The lowest BCUT2D eigenvalue weighted by Crippen LogP contribution is -2.44. The van der Waals surface area contributed by atoms with Crippen molar-refractivity contribution in [1.29, 1.82) is 0 Å². The van der Waals surface area contributed by atoms with Crippen LogP contribution in [0, 0.1) is 11.8 Å². The van der Waals surface area contributed by atoms with Crippen LogP contribution < -0.4 is 0 Å². The van der Waals surface area contributed by atoms with E-state index >= 15 is 0 Å². The molecule has 0 saturated carbocycles. The van der Waals surface area contributed by atoms with E-state index in [1.807, 2.05) is 4.90 Å². The van der Waals surface area contributed by atoms with E-state index in [-0.39, 0.29) is 18.9 Å². The maximum atomic E-state index is 12.3. The highest BCUT2D eigenvalue weighted by Gasteiger charge is 2.25. The second-order valence-electron chi connectivity index (χ2n) is 6.05. The Balaban J connectivity index is 1.89. The molecule has 1 aromatic heterocycles. The smallest absolute Gasteiger partial charge is 0.303 e. The molecule has 2 atom stereocenters. The molecule has 0 aliphatic carbocycles. The SMILES string of the molecule is CC1CC(C)CN(C(=O)Cn2cc(CCC(=O)O)nn2)C1. The zero-order chi connectivity index (χ0) is 15.4. The van der Waals surface area contributed by atoms with Gasteiger partial charge in [-0.05, 0) is 18.3 Å². The van der Waals surface area contributed by atoms with Gasteiger partial charge in [0.2, 0.25) is 5.91 Å². The lowest BCUT2D eigenvalue weighted by atomic mass is 9.92. The average molecular weight is 294 g/mol. The van der Waals surface area contributed by atoms with Crippen molar-refractivity contribution in [3.63, 3.8) is 0 Å². The molecule has 7 nitrogen and oxygen atoms in total. The maximum absolute atomic E-state index is 12.3. The summed E-state index contributed by atoms with van der Waals surface area (Å²) in [5, 5.41) is 16.4. The van der Waals surface area contributed by atoms with Crippen molar-refractivity contribution in [3.8, 4) is 0 Å². The van der Waals surface area contributed by atoms with Crippen molar-refractivity contribution in [2.24, 2.45) is 11.8 Å². The summed E-state index contributed by atoms with van der Waals surface area (Å²) < 4.78 is 1.49. The van der Waals surface area contributed by atoms with Crippen LogP contribution >= 0.6 is 0 Å². The largest absolute Gasteiger partial charge is 0.481 e. The molecular formula is C14H22N4O3. The lowest BCUT2D eigenvalue weighted by Gasteiger charge is -2.34. The number of amides is 1. The van der Waals surface area contributed by atoms with Crippen LogP contribution in [0.3, 0.4) is 0 Å². The van der Waals surface area contributed by atoms with Gasteiger partial charge in [0.25, 0.3) is 0 Å². The number of aliphatic carboxylic acids is 1. The molecule has 2 unspecified atom stereocenters. The van der Waals surface area contributed by atoms with Crippen LogP contribution in [0.25, 0.3) is 0 Å². The molecule has 2 rings (SSSR count). The number of nitrogens with zero attached hydrogens (tertiary/aromatic N) is 4. The van der Waals surface area contributed by atoms with Gasteiger partial charge in [0.15, 0.2) is 0 Å². The van der Waals surface area contributed by atoms with Gasteiger partial charge in [-0.15, -0.1) is 5.10 Å². The highest BCUT2D eigenvalue weighted by Crippen LogP contribution is 2.21. The summed E-state index contributed by atoms with van der Waals surface area (Å²) in [4.78, 5) is 24.7. The summed E-state index contributed by atoms with van der Waals surface area (Å²) in [6.07, 6.45) is 3.17. The first-order valence-corrected chi connectivity index (χ1v) is 7.32. The Labute approximate surface area is 123 Å². The summed E-state index contributed by atoms with van der Waals surface area (Å²) in [6, 6.07) is 0. The fourth-order valence-electron chi connectivity index (χ4n) is 2.87. The van der Waals surface area contributed by atoms with Gasteiger partial charge in [-0.3, -0.25) is 9.59 Å². The maximum Gasteiger partial charge on any atom is 0.303 e. The molecule has 1 N–H and O–H groups in total. The van der Waals surface area contributed by atoms with Crippen molar-refractivity contribution < 1.29 is 14.7 Å². The number of carbonyl (C=O) groups is 2. The minimum absolute atomic E-state index is 0.0216. The van der Waals surface area contributed by atoms with E-state index in [4.69, 9.17) is 5.11 Å². The van der Waals surface area contributed by atoms with Crippen LogP contribution in [0.4, 0.5) is 0 Å². The third-order valence-corrected chi connectivity index (χ3v) is 3.70. The van der Waals surface area contributed by atoms with E-state index in [0.29, 0.717) is 24.0 Å². The molecule has 1 aliphatic heterocycles. The molecular weight excluding hydrogens is 272 g/mol. The molecule has 1 amide bonds. The van der Waals surface area contributed by atoms with Gasteiger partial charge in [-0.1, -0.05) is 19.1 Å². The lowest BCUT2D eigenvalue weighted by molar-refractivity contribution is -0.137. The number of carboxylic acid groups (broad SMARTS) is 1. The molecule has 1 aromatic rings. The van der Waals surface area contributed by atoms with Gasteiger partial charge in [0, 0.05) is 25.7 Å². The zero-order valence-corrected chi connectivity index (χ0v) is 12.5. The summed E-state index contributed by atoms with van der Waals surface area (Å²) >= 11 is 0. The molecule has 7 heteroatoms. The minimum Gasteiger partial charge on any atom is -0.481 e. The van der Waals surface area contributed by atoms with E-state index in [1.54, 1.807) is 6.20 Å². The van der Waals surface area contributed by atoms with Gasteiger partial charge in [-0.2, -0.15) is 0 Å². The number of aromatic nitrogens is 3. The fraction of sp³-hybridized carbons (Fsp3) is 0.714. The Hall–Kier alpha value is -1.92. The van der Waals surface area contributed by atoms with Gasteiger partial charge < -0.3 is 10.0 Å². The van der Waals surface area contributed by atoms with E-state index in [9.17, 15) is 9.59 Å². The summed E-state index contributed by atoms with van der Waals surface area (Å²) in [5.74, 6) is 0.235. The van der Waals surface area contributed by atoms with Crippen LogP contribution in [-0.4, -0.2) is 50.0 Å². The normalized spacial score (nSPS) is 22.3. The van der Waals surface area contributed by atoms with Crippen molar-refractivity contribution in [3.05, 3.63) is 11.9 Å². The number of carbonyl (C=O) groups excluding carboxylic acids is 1. The Morgan fingerprint density at radius 1 is 1.33 bits per heavy atom. The first kappa shape index (κ1) is 15.5. The van der Waals surface area contributed by atoms with E-state index in [2.05, 4.69) is 24.2 Å². The fourth-order valence-corrected chi connectivity index (χ4v) is 2.87. The van der Waals surface area contributed by atoms with Crippen LogP contribution in [0.15, 0.2) is 6.20 Å². The highest BCUT2D eigenvalue weighted by molar-refractivity contribution is 5.76. The monoisotopic (exact) mass is 294 g/mol. The number of rotatable bonds is 5. The molecule has 1 fully saturated rings. The molecule has 1 saturated heterocycles. The number of hydrogen-bond acceptors (Lipinski definition) is 4. The number of carboxylic acids is 1. The van der Waals surface area contributed by atoms with Crippen molar-refractivity contribution in [2.75, 3.05) is 13.1 Å². The molecule has 1 aliphatic rings. The average Bonchev–Trinajstić information content (AvgIpc) is 2.83. The minimum atomic E-state index is -0.864. The molecule has 0 spiro atoms. The zero-order valence-electron chi connectivity index (χ0n) is 12.5. The summed E-state index contributed by atoms with van der Waals surface area (Å²) in [6.45, 7) is 6.08. The topological polar surface area (TPSA) is 88.3 Å². The first-order chi connectivity index (χ1) is 9.94. The Kier molecular flexibility index (Phi) is 4.93. The van der Waals surface area contributed by atoms with Gasteiger partial charge in [0.1, 0.15) is 6.54 Å². The van der Waals surface area contributed by atoms with Crippen LogP contribution in [0.1, 0.15) is 32.4 Å². The number of piperidine rings is 1. The van der Waals surface area contributed by atoms with Crippen LogP contribution in [0.2, 0.25) is 0 Å². The predicted octanol–water partition coefficient (Wildman–Crippen LogP) is 0.800. The second-order valence-corrected chi connectivity index (χ2v) is 6.05. The van der Waals surface area contributed by atoms with Crippen molar-refractivity contribution in [1.82, 2.24) is 19.9 Å². The van der Waals surface area contributed by atoms with Crippen LogP contribution in [-0.2, 0) is 22.6 Å². The van der Waals surface area contributed by atoms with Gasteiger partial charge in [0.05, 0.1) is 12.1 Å². The number of aryl methyl sites for hydroxylation is 1. The summed E-state index contributed by atoms with van der Waals surface area (Å²) in [7, 11) is 0. The Bertz CT molecular complexity index is 504. The molecule has 0 bridgehead atoms. The molecule has 116 valence electrons. The quantitative estimate of drug-likeness (QED) is 0.867. The molecule has 21 heavy (non-hydrogen) atoms. The Morgan fingerprint density at radius 3 is 2.62 bits per heavy atom. The number of hydrogen-bond donors (Lipinski definition) is 1.